The summed E-state index contributed by atoms with van der Waals surface area (Å²) in [5, 5.41) is 0. The molecule has 0 atom stereocenters. The van der Waals surface area contributed by atoms with Crippen LogP contribution in [0.3, 0.4) is 0 Å². The molecule has 1 heteroatoms. The predicted molar refractivity (Wildman–Crippen MR) is 71.6 cm³/mol. The second-order valence-corrected chi connectivity index (χ2v) is 3.93. The summed E-state index contributed by atoms with van der Waals surface area (Å²) in [6, 6.07) is 9.72. The molecule has 0 unspecified atom stereocenters. The van der Waals surface area contributed by atoms with Gasteiger partial charge in [0.05, 0.1) is 5.57 Å². The Labute approximate surface area is 104 Å². The van der Waals surface area contributed by atoms with E-state index >= 15 is 0 Å². The molecule has 17 heavy (non-hydrogen) atoms. The van der Waals surface area contributed by atoms with Crippen molar-refractivity contribution in [2.75, 3.05) is 0 Å². The standard InChI is InChI=1S/C16H18O/c1-3-4-6-11-16(14(2)17)13-12-15-9-7-5-8-10-15/h5,7-11H,3-4,6H2,1-2H3/b16-11+. The molecule has 1 aromatic rings. The van der Waals surface area contributed by atoms with E-state index in [1.807, 2.05) is 36.4 Å². The van der Waals surface area contributed by atoms with E-state index in [1.54, 1.807) is 6.92 Å². The third-order valence-corrected chi connectivity index (χ3v) is 2.40. The van der Waals surface area contributed by atoms with Crippen molar-refractivity contribution in [2.24, 2.45) is 0 Å². The molecule has 0 aliphatic carbocycles. The largest absolute Gasteiger partial charge is 0.294 e. The third kappa shape index (κ3) is 5.17. The molecule has 0 aromatic heterocycles. The highest BCUT2D eigenvalue weighted by Gasteiger charge is 1.98. The number of rotatable bonds is 4. The van der Waals surface area contributed by atoms with Crippen LogP contribution in [0.1, 0.15) is 38.7 Å². The fraction of sp³-hybridized carbons (Fsp3) is 0.312. The fourth-order valence-corrected chi connectivity index (χ4v) is 1.39. The van der Waals surface area contributed by atoms with Gasteiger partial charge in [0.25, 0.3) is 0 Å². The van der Waals surface area contributed by atoms with Gasteiger partial charge in [0.15, 0.2) is 5.78 Å². The summed E-state index contributed by atoms with van der Waals surface area (Å²) < 4.78 is 0. The van der Waals surface area contributed by atoms with Crippen LogP contribution in [0.2, 0.25) is 0 Å². The Kier molecular flexibility index (Phi) is 5.82. The van der Waals surface area contributed by atoms with Gasteiger partial charge in [-0.05, 0) is 25.5 Å². The van der Waals surface area contributed by atoms with Crippen molar-refractivity contribution >= 4 is 5.78 Å². The minimum absolute atomic E-state index is 0.0459. The Bertz CT molecular complexity index is 443. The normalized spacial score (nSPS) is 10.6. The molecule has 0 radical (unpaired) electrons. The lowest BCUT2D eigenvalue weighted by atomic mass is 10.1. The van der Waals surface area contributed by atoms with Crippen molar-refractivity contribution in [3.05, 3.63) is 47.5 Å². The molecule has 0 N–H and O–H groups in total. The lowest BCUT2D eigenvalue weighted by Gasteiger charge is -1.94. The smallest absolute Gasteiger partial charge is 0.167 e. The van der Waals surface area contributed by atoms with Gasteiger partial charge in [-0.25, -0.2) is 0 Å². The summed E-state index contributed by atoms with van der Waals surface area (Å²) in [5.74, 6) is 6.02. The first kappa shape index (κ1) is 13.3. The molecule has 88 valence electrons. The van der Waals surface area contributed by atoms with Crippen LogP contribution in [0.5, 0.6) is 0 Å². The number of Topliss-reactive ketones (excluding diaryl/α,β-unsaturated/α-hetero) is 1. The predicted octanol–water partition coefficient (Wildman–Crippen LogP) is 3.74. The molecule has 0 amide bonds. The van der Waals surface area contributed by atoms with Gasteiger partial charge in [0, 0.05) is 5.56 Å². The van der Waals surface area contributed by atoms with E-state index in [-0.39, 0.29) is 5.78 Å². The molecular weight excluding hydrogens is 208 g/mol. The second-order valence-electron chi connectivity index (χ2n) is 3.93. The monoisotopic (exact) mass is 226 g/mol. The number of benzene rings is 1. The summed E-state index contributed by atoms with van der Waals surface area (Å²) >= 11 is 0. The lowest BCUT2D eigenvalue weighted by Crippen LogP contribution is -1.93. The molecule has 0 heterocycles. The van der Waals surface area contributed by atoms with Gasteiger partial charge in [-0.2, -0.15) is 0 Å². The highest BCUT2D eigenvalue weighted by Crippen LogP contribution is 2.03. The summed E-state index contributed by atoms with van der Waals surface area (Å²) in [6.45, 7) is 3.70. The molecule has 0 saturated heterocycles. The van der Waals surface area contributed by atoms with Gasteiger partial charge >= 0.3 is 0 Å². The number of hydrogen-bond acceptors (Lipinski definition) is 1. The lowest BCUT2D eigenvalue weighted by molar-refractivity contribution is -0.113. The average molecular weight is 226 g/mol. The van der Waals surface area contributed by atoms with Crippen LogP contribution in [-0.2, 0) is 4.79 Å². The molecule has 0 saturated carbocycles. The van der Waals surface area contributed by atoms with E-state index in [0.717, 1.165) is 24.8 Å². The topological polar surface area (TPSA) is 17.1 Å². The quantitative estimate of drug-likeness (QED) is 0.434. The number of ketones is 1. The maximum absolute atomic E-state index is 11.4. The first-order valence-electron chi connectivity index (χ1n) is 6.02. The maximum atomic E-state index is 11.4. The zero-order valence-corrected chi connectivity index (χ0v) is 10.5. The molecule has 0 spiro atoms. The zero-order valence-electron chi connectivity index (χ0n) is 10.5. The van der Waals surface area contributed by atoms with E-state index < -0.39 is 0 Å². The zero-order chi connectivity index (χ0) is 12.5. The van der Waals surface area contributed by atoms with Crippen molar-refractivity contribution < 1.29 is 4.79 Å². The molecule has 0 aliphatic heterocycles. The number of unbranched alkanes of at least 4 members (excludes halogenated alkanes) is 2. The number of carbonyl (C=O) groups excluding carboxylic acids is 1. The highest BCUT2D eigenvalue weighted by molar-refractivity contribution is 5.97. The van der Waals surface area contributed by atoms with Crippen LogP contribution >= 0.6 is 0 Å². The molecular formula is C16H18O. The third-order valence-electron chi connectivity index (χ3n) is 2.40. The Hall–Kier alpha value is -1.81. The molecule has 0 fully saturated rings. The van der Waals surface area contributed by atoms with E-state index in [4.69, 9.17) is 0 Å². The van der Waals surface area contributed by atoms with Gasteiger partial charge in [-0.1, -0.05) is 55.9 Å². The van der Waals surface area contributed by atoms with Crippen LogP contribution < -0.4 is 0 Å². The Morgan fingerprint density at radius 2 is 2.00 bits per heavy atom. The van der Waals surface area contributed by atoms with Gasteiger partial charge in [0.1, 0.15) is 0 Å². The van der Waals surface area contributed by atoms with Crippen LogP contribution in [0.15, 0.2) is 42.0 Å². The van der Waals surface area contributed by atoms with Crippen LogP contribution in [0.25, 0.3) is 0 Å². The fourth-order valence-electron chi connectivity index (χ4n) is 1.39. The molecule has 1 aromatic carbocycles. The molecule has 0 bridgehead atoms. The van der Waals surface area contributed by atoms with E-state index in [2.05, 4.69) is 18.8 Å². The number of allylic oxidation sites excluding steroid dienone is 2. The Balaban J connectivity index is 2.78. The SMILES string of the molecule is CCCC/C=C(\C#Cc1ccccc1)C(C)=O. The van der Waals surface area contributed by atoms with Crippen molar-refractivity contribution in [1.82, 2.24) is 0 Å². The summed E-state index contributed by atoms with van der Waals surface area (Å²) in [7, 11) is 0. The first-order chi connectivity index (χ1) is 8.24. The molecule has 1 rings (SSSR count). The Morgan fingerprint density at radius 3 is 2.59 bits per heavy atom. The van der Waals surface area contributed by atoms with Crippen molar-refractivity contribution in [3.63, 3.8) is 0 Å². The van der Waals surface area contributed by atoms with Crippen LogP contribution in [-0.4, -0.2) is 5.78 Å². The van der Waals surface area contributed by atoms with Gasteiger partial charge in [-0.3, -0.25) is 4.79 Å². The average Bonchev–Trinajstić information content (AvgIpc) is 2.34. The minimum atomic E-state index is 0.0459. The summed E-state index contributed by atoms with van der Waals surface area (Å²) in [4.78, 5) is 11.4. The second kappa shape index (κ2) is 7.46. The summed E-state index contributed by atoms with van der Waals surface area (Å²) in [5.41, 5.74) is 1.57. The van der Waals surface area contributed by atoms with Gasteiger partial charge in [-0.15, -0.1) is 0 Å². The Morgan fingerprint density at radius 1 is 1.29 bits per heavy atom. The van der Waals surface area contributed by atoms with Crippen molar-refractivity contribution in [1.29, 1.82) is 0 Å². The highest BCUT2D eigenvalue weighted by atomic mass is 16.1. The van der Waals surface area contributed by atoms with Gasteiger partial charge < -0.3 is 0 Å². The summed E-state index contributed by atoms with van der Waals surface area (Å²) in [6.07, 6.45) is 5.11. The first-order valence-corrected chi connectivity index (χ1v) is 6.02. The van der Waals surface area contributed by atoms with E-state index in [9.17, 15) is 4.79 Å². The minimum Gasteiger partial charge on any atom is -0.294 e. The van der Waals surface area contributed by atoms with Crippen LogP contribution in [0.4, 0.5) is 0 Å². The number of carbonyl (C=O) groups is 1. The molecule has 1 nitrogen and oxygen atoms in total. The molecule has 0 aliphatic rings. The van der Waals surface area contributed by atoms with Crippen LogP contribution in [0, 0.1) is 11.8 Å². The van der Waals surface area contributed by atoms with E-state index in [1.165, 1.54) is 0 Å². The number of hydrogen-bond donors (Lipinski definition) is 0. The van der Waals surface area contributed by atoms with E-state index in [0.29, 0.717) is 5.57 Å². The maximum Gasteiger partial charge on any atom is 0.167 e. The van der Waals surface area contributed by atoms with Crippen molar-refractivity contribution in [3.8, 4) is 11.8 Å². The van der Waals surface area contributed by atoms with Gasteiger partial charge in [0.2, 0.25) is 0 Å². The van der Waals surface area contributed by atoms with Crippen molar-refractivity contribution in [2.45, 2.75) is 33.1 Å².